The van der Waals surface area contributed by atoms with E-state index in [1.165, 1.54) is 0 Å². The van der Waals surface area contributed by atoms with E-state index in [4.69, 9.17) is 14.0 Å². The number of nitrogens with one attached hydrogen (secondary N) is 1. The van der Waals surface area contributed by atoms with E-state index in [2.05, 4.69) is 10.5 Å². The molecule has 0 radical (unpaired) electrons. The minimum Gasteiger partial charge on any atom is -0.486 e. The maximum Gasteiger partial charge on any atom is 0.240 e. The van der Waals surface area contributed by atoms with Crippen molar-refractivity contribution in [1.29, 1.82) is 0 Å². The molecule has 23 heavy (non-hydrogen) atoms. The normalized spacial score (nSPS) is 16.4. The third-order valence-electron chi connectivity index (χ3n) is 3.39. The Morgan fingerprint density at radius 3 is 2.91 bits per heavy atom. The number of para-hydroxylation sites is 2. The fourth-order valence-corrected chi connectivity index (χ4v) is 2.41. The van der Waals surface area contributed by atoms with Crippen molar-refractivity contribution in [3.8, 4) is 11.5 Å². The van der Waals surface area contributed by atoms with Crippen molar-refractivity contribution in [2.45, 2.75) is 13.0 Å². The zero-order valence-electron chi connectivity index (χ0n) is 13.1. The first-order valence-corrected chi connectivity index (χ1v) is 7.40. The van der Waals surface area contributed by atoms with Crippen LogP contribution in [0.4, 0.5) is 5.88 Å². The molecule has 0 aliphatic carbocycles. The summed E-state index contributed by atoms with van der Waals surface area (Å²) in [5.74, 6) is 1.68. The van der Waals surface area contributed by atoms with Crippen molar-refractivity contribution in [2.24, 2.45) is 0 Å². The van der Waals surface area contributed by atoms with Gasteiger partial charge < -0.3 is 14.0 Å². The summed E-state index contributed by atoms with van der Waals surface area (Å²) in [6.07, 6.45) is -0.116. The third kappa shape index (κ3) is 4.01. The minimum atomic E-state index is -0.166. The van der Waals surface area contributed by atoms with Crippen molar-refractivity contribution >= 4 is 11.8 Å². The van der Waals surface area contributed by atoms with Gasteiger partial charge in [-0.15, -0.1) is 0 Å². The van der Waals surface area contributed by atoms with Crippen molar-refractivity contribution < 1.29 is 18.8 Å². The molecule has 1 amide bonds. The van der Waals surface area contributed by atoms with E-state index in [0.717, 1.165) is 17.2 Å². The summed E-state index contributed by atoms with van der Waals surface area (Å²) in [6, 6.07) is 9.24. The number of benzene rings is 1. The average Bonchev–Trinajstić information content (AvgIpc) is 2.91. The molecule has 0 unspecified atom stereocenters. The van der Waals surface area contributed by atoms with Crippen LogP contribution in [0.5, 0.6) is 11.5 Å². The van der Waals surface area contributed by atoms with E-state index >= 15 is 0 Å². The molecule has 1 atom stereocenters. The van der Waals surface area contributed by atoms with E-state index < -0.39 is 0 Å². The number of carbonyl (C=O) groups excluding carboxylic acids is 1. The number of aromatic nitrogens is 1. The number of aryl methyl sites for hydroxylation is 1. The molecule has 1 aromatic carbocycles. The van der Waals surface area contributed by atoms with Gasteiger partial charge in [-0.05, 0) is 26.1 Å². The fraction of sp³-hybridized carbons (Fsp3) is 0.375. The molecule has 122 valence electrons. The Bertz CT molecular complexity index is 685. The third-order valence-corrected chi connectivity index (χ3v) is 3.39. The van der Waals surface area contributed by atoms with Crippen LogP contribution in [0.3, 0.4) is 0 Å². The Labute approximate surface area is 134 Å². The molecular weight excluding hydrogens is 298 g/mol. The average molecular weight is 317 g/mol. The molecule has 1 N–H and O–H groups in total. The Morgan fingerprint density at radius 1 is 1.39 bits per heavy atom. The van der Waals surface area contributed by atoms with Gasteiger partial charge in [0.1, 0.15) is 12.7 Å². The second kappa shape index (κ2) is 6.70. The highest BCUT2D eigenvalue weighted by molar-refractivity contribution is 5.90. The lowest BCUT2D eigenvalue weighted by Gasteiger charge is -2.29. The van der Waals surface area contributed by atoms with Crippen LogP contribution in [0.15, 0.2) is 34.9 Å². The highest BCUT2D eigenvalue weighted by Crippen LogP contribution is 2.30. The van der Waals surface area contributed by atoms with Crippen LogP contribution < -0.4 is 14.8 Å². The van der Waals surface area contributed by atoms with Gasteiger partial charge in [-0.25, -0.2) is 0 Å². The van der Waals surface area contributed by atoms with Crippen LogP contribution in [0, 0.1) is 6.92 Å². The Hall–Kier alpha value is -2.54. The smallest absolute Gasteiger partial charge is 0.240 e. The van der Waals surface area contributed by atoms with Gasteiger partial charge in [0.2, 0.25) is 11.8 Å². The van der Waals surface area contributed by atoms with Crippen LogP contribution in [-0.2, 0) is 4.79 Å². The first-order valence-electron chi connectivity index (χ1n) is 7.40. The van der Waals surface area contributed by atoms with Crippen LogP contribution >= 0.6 is 0 Å². The summed E-state index contributed by atoms with van der Waals surface area (Å²) in [4.78, 5) is 13.8. The maximum absolute atomic E-state index is 12.0. The van der Waals surface area contributed by atoms with Crippen molar-refractivity contribution in [2.75, 3.05) is 32.1 Å². The van der Waals surface area contributed by atoms with E-state index in [1.54, 1.807) is 13.0 Å². The molecule has 0 saturated heterocycles. The molecular formula is C16H19N3O4. The first kappa shape index (κ1) is 15.4. The summed E-state index contributed by atoms with van der Waals surface area (Å²) < 4.78 is 16.5. The predicted molar refractivity (Wildman–Crippen MR) is 83.7 cm³/mol. The van der Waals surface area contributed by atoms with Crippen molar-refractivity contribution in [1.82, 2.24) is 10.1 Å². The number of fused-ring (bicyclic) bond motifs is 1. The molecule has 0 fully saturated rings. The number of ether oxygens (including phenoxy) is 2. The van der Waals surface area contributed by atoms with E-state index in [-0.39, 0.29) is 18.6 Å². The van der Waals surface area contributed by atoms with E-state index in [0.29, 0.717) is 19.0 Å². The quantitative estimate of drug-likeness (QED) is 0.904. The van der Waals surface area contributed by atoms with Gasteiger partial charge in [-0.3, -0.25) is 15.0 Å². The Balaban J connectivity index is 1.48. The number of hydrogen-bond acceptors (Lipinski definition) is 6. The molecule has 0 saturated carbocycles. The van der Waals surface area contributed by atoms with Gasteiger partial charge in [0.25, 0.3) is 0 Å². The van der Waals surface area contributed by atoms with Crippen molar-refractivity contribution in [3.05, 3.63) is 36.0 Å². The molecule has 1 aromatic heterocycles. The number of hydrogen-bond donors (Lipinski definition) is 1. The van der Waals surface area contributed by atoms with Crippen LogP contribution in [-0.4, -0.2) is 48.8 Å². The standard InChI is InChI=1S/C16H19N3O4/c1-11-7-16(23-18-11)17-15(20)9-19(2)8-12-10-21-13-5-3-4-6-14(13)22-12/h3-7,12H,8-10H2,1-2H3,(H,17,20)/t12-/m0/s1. The lowest BCUT2D eigenvalue weighted by atomic mass is 10.2. The zero-order chi connectivity index (χ0) is 16.2. The summed E-state index contributed by atoms with van der Waals surface area (Å²) in [5, 5.41) is 6.39. The highest BCUT2D eigenvalue weighted by atomic mass is 16.6. The van der Waals surface area contributed by atoms with Gasteiger partial charge in [-0.1, -0.05) is 17.3 Å². The molecule has 1 aliphatic rings. The summed E-state index contributed by atoms with van der Waals surface area (Å²) in [6.45, 7) is 3.06. The first-order chi connectivity index (χ1) is 11.1. The molecule has 1 aliphatic heterocycles. The maximum atomic E-state index is 12.0. The Kier molecular flexibility index (Phi) is 4.47. The lowest BCUT2D eigenvalue weighted by molar-refractivity contribution is -0.117. The minimum absolute atomic E-state index is 0.116. The highest BCUT2D eigenvalue weighted by Gasteiger charge is 2.22. The predicted octanol–water partition coefficient (Wildman–Crippen LogP) is 1.69. The molecule has 0 spiro atoms. The zero-order valence-corrected chi connectivity index (χ0v) is 13.1. The summed E-state index contributed by atoms with van der Waals surface area (Å²) in [5.41, 5.74) is 0.722. The number of carbonyl (C=O) groups is 1. The summed E-state index contributed by atoms with van der Waals surface area (Å²) >= 11 is 0. The molecule has 2 heterocycles. The number of likely N-dealkylation sites (N-methyl/N-ethyl adjacent to an activating group) is 1. The number of amides is 1. The second-order valence-electron chi connectivity index (χ2n) is 5.58. The monoisotopic (exact) mass is 317 g/mol. The van der Waals surface area contributed by atoms with Gasteiger partial charge in [0.05, 0.1) is 12.2 Å². The molecule has 7 nitrogen and oxygen atoms in total. The summed E-state index contributed by atoms with van der Waals surface area (Å²) in [7, 11) is 1.86. The van der Waals surface area contributed by atoms with Gasteiger partial charge in [-0.2, -0.15) is 0 Å². The van der Waals surface area contributed by atoms with E-state index in [1.807, 2.05) is 36.2 Å². The van der Waals surface area contributed by atoms with Crippen LogP contribution in [0.2, 0.25) is 0 Å². The van der Waals surface area contributed by atoms with Crippen LogP contribution in [0.25, 0.3) is 0 Å². The number of anilines is 1. The molecule has 7 heteroatoms. The van der Waals surface area contributed by atoms with Gasteiger partial charge in [0, 0.05) is 12.6 Å². The van der Waals surface area contributed by atoms with Gasteiger partial charge in [0.15, 0.2) is 11.5 Å². The fourth-order valence-electron chi connectivity index (χ4n) is 2.41. The topological polar surface area (TPSA) is 76.8 Å². The largest absolute Gasteiger partial charge is 0.486 e. The van der Waals surface area contributed by atoms with Crippen LogP contribution in [0.1, 0.15) is 5.69 Å². The molecule has 2 aromatic rings. The number of nitrogens with zero attached hydrogens (tertiary/aromatic N) is 2. The number of rotatable bonds is 5. The Morgan fingerprint density at radius 2 is 2.17 bits per heavy atom. The molecule has 0 bridgehead atoms. The lowest BCUT2D eigenvalue weighted by Crippen LogP contribution is -2.42. The van der Waals surface area contributed by atoms with Crippen molar-refractivity contribution in [3.63, 3.8) is 0 Å². The van der Waals surface area contributed by atoms with Gasteiger partial charge >= 0.3 is 0 Å². The van der Waals surface area contributed by atoms with E-state index in [9.17, 15) is 4.79 Å². The molecule has 3 rings (SSSR count). The SMILES string of the molecule is Cc1cc(NC(=O)CN(C)C[C@H]2COc3ccccc3O2)on1. The second-order valence-corrected chi connectivity index (χ2v) is 5.58.